The number of methoxy groups -OCH3 is 1. The number of piperazine rings is 1. The highest BCUT2D eigenvalue weighted by molar-refractivity contribution is 7.89. The van der Waals surface area contributed by atoms with Gasteiger partial charge in [0, 0.05) is 6.04 Å². The number of benzene rings is 1. The van der Waals surface area contributed by atoms with E-state index in [1.165, 1.54) is 23.6 Å². The molecule has 0 bridgehead atoms. The smallest absolute Gasteiger partial charge is 0.278 e. The number of amides is 1. The summed E-state index contributed by atoms with van der Waals surface area (Å²) in [5.41, 5.74) is 0. The third-order valence-electron chi connectivity index (χ3n) is 6.51. The van der Waals surface area contributed by atoms with Crippen LogP contribution in [-0.2, 0) is 14.8 Å². The van der Waals surface area contributed by atoms with Gasteiger partial charge < -0.3 is 15.0 Å². The number of hydrogen-bond donors (Lipinski definition) is 2. The molecule has 2 aliphatic rings. The molecule has 1 aliphatic heterocycles. The monoisotopic (exact) mass is 424 g/mol. The number of quaternary nitrogens is 1. The predicted molar refractivity (Wildman–Crippen MR) is 111 cm³/mol. The Morgan fingerprint density at radius 3 is 2.38 bits per heavy atom. The molecule has 1 aromatic carbocycles. The standard InChI is InChI=1S/C21H33N3O4S/c1-16-6-4-5-7-20(16)22-21(25)17(2)23-12-14-24(15-13-23)29(26,27)19-10-8-18(28-3)9-11-19/h8-11,16-17,20H,4-7,12-15H2,1-3H3,(H,22,25)/p+1/t16-,17-,20+/m1/s1. The van der Waals surface area contributed by atoms with Gasteiger partial charge in [-0.25, -0.2) is 8.42 Å². The van der Waals surface area contributed by atoms with Crippen LogP contribution in [0.5, 0.6) is 5.75 Å². The van der Waals surface area contributed by atoms with Crippen LogP contribution >= 0.6 is 0 Å². The van der Waals surface area contributed by atoms with E-state index in [1.807, 2.05) is 6.92 Å². The molecule has 3 rings (SSSR count). The van der Waals surface area contributed by atoms with Crippen molar-refractivity contribution in [1.29, 1.82) is 0 Å². The highest BCUT2D eigenvalue weighted by Gasteiger charge is 2.35. The predicted octanol–water partition coefficient (Wildman–Crippen LogP) is 0.668. The first kappa shape index (κ1) is 22.1. The second-order valence-electron chi connectivity index (χ2n) is 8.34. The quantitative estimate of drug-likeness (QED) is 0.703. The van der Waals surface area contributed by atoms with Crippen molar-refractivity contribution in [3.8, 4) is 5.75 Å². The molecule has 7 nitrogen and oxygen atoms in total. The minimum absolute atomic E-state index is 0.0882. The zero-order chi connectivity index (χ0) is 21.0. The zero-order valence-corrected chi connectivity index (χ0v) is 18.5. The molecule has 0 spiro atoms. The van der Waals surface area contributed by atoms with Gasteiger partial charge >= 0.3 is 0 Å². The Labute approximate surface area is 174 Å². The lowest BCUT2D eigenvalue weighted by Crippen LogP contribution is -3.19. The highest BCUT2D eigenvalue weighted by Crippen LogP contribution is 2.23. The van der Waals surface area contributed by atoms with Crippen LogP contribution < -0.4 is 15.0 Å². The second-order valence-corrected chi connectivity index (χ2v) is 10.3. The van der Waals surface area contributed by atoms with Crippen LogP contribution in [0.2, 0.25) is 0 Å². The molecule has 1 saturated carbocycles. The summed E-state index contributed by atoms with van der Waals surface area (Å²) in [4.78, 5) is 14.2. The van der Waals surface area contributed by atoms with E-state index in [-0.39, 0.29) is 22.9 Å². The average molecular weight is 425 g/mol. The summed E-state index contributed by atoms with van der Waals surface area (Å²) in [6.45, 7) is 6.26. The fraction of sp³-hybridized carbons (Fsp3) is 0.667. The van der Waals surface area contributed by atoms with Gasteiger partial charge in [0.1, 0.15) is 5.75 Å². The van der Waals surface area contributed by atoms with Crippen molar-refractivity contribution in [2.24, 2.45) is 5.92 Å². The van der Waals surface area contributed by atoms with Gasteiger partial charge in [0.2, 0.25) is 10.0 Å². The van der Waals surface area contributed by atoms with E-state index >= 15 is 0 Å². The third kappa shape index (κ3) is 5.10. The first-order chi connectivity index (χ1) is 13.8. The molecule has 1 saturated heterocycles. The summed E-state index contributed by atoms with van der Waals surface area (Å²) in [6.07, 6.45) is 4.66. The molecule has 29 heavy (non-hydrogen) atoms. The summed E-state index contributed by atoms with van der Waals surface area (Å²) in [5, 5.41) is 3.24. The molecule has 2 N–H and O–H groups in total. The van der Waals surface area contributed by atoms with E-state index < -0.39 is 10.0 Å². The van der Waals surface area contributed by atoms with Gasteiger partial charge in [0.25, 0.3) is 5.91 Å². The topological polar surface area (TPSA) is 80.2 Å². The number of carbonyl (C=O) groups excluding carboxylic acids is 1. The average Bonchev–Trinajstić information content (AvgIpc) is 2.75. The van der Waals surface area contributed by atoms with Gasteiger partial charge in [-0.1, -0.05) is 19.8 Å². The molecule has 3 atom stereocenters. The van der Waals surface area contributed by atoms with Crippen molar-refractivity contribution in [2.75, 3.05) is 33.3 Å². The second kappa shape index (κ2) is 9.45. The lowest BCUT2D eigenvalue weighted by atomic mass is 9.86. The first-order valence-electron chi connectivity index (χ1n) is 10.6. The number of sulfonamides is 1. The lowest BCUT2D eigenvalue weighted by molar-refractivity contribution is -0.917. The van der Waals surface area contributed by atoms with Crippen molar-refractivity contribution in [3.63, 3.8) is 0 Å². The molecular weight excluding hydrogens is 390 g/mol. The zero-order valence-electron chi connectivity index (χ0n) is 17.7. The van der Waals surface area contributed by atoms with Gasteiger partial charge in [-0.3, -0.25) is 4.79 Å². The maximum absolute atomic E-state index is 12.9. The minimum Gasteiger partial charge on any atom is -0.497 e. The van der Waals surface area contributed by atoms with Crippen LogP contribution in [0.25, 0.3) is 0 Å². The van der Waals surface area contributed by atoms with Crippen LogP contribution in [0.3, 0.4) is 0 Å². The fourth-order valence-corrected chi connectivity index (χ4v) is 5.81. The largest absolute Gasteiger partial charge is 0.497 e. The van der Waals surface area contributed by atoms with Gasteiger partial charge in [0.05, 0.1) is 38.2 Å². The van der Waals surface area contributed by atoms with E-state index in [1.54, 1.807) is 31.4 Å². The summed E-state index contributed by atoms with van der Waals surface area (Å²) in [6, 6.07) is 6.58. The van der Waals surface area contributed by atoms with Crippen LogP contribution in [0.1, 0.15) is 39.5 Å². The van der Waals surface area contributed by atoms with E-state index in [4.69, 9.17) is 4.74 Å². The molecule has 0 radical (unpaired) electrons. The Balaban J connectivity index is 1.55. The van der Waals surface area contributed by atoms with Crippen molar-refractivity contribution in [1.82, 2.24) is 9.62 Å². The summed E-state index contributed by atoms with van der Waals surface area (Å²) in [5.74, 6) is 1.25. The number of nitrogens with zero attached hydrogens (tertiary/aromatic N) is 1. The number of rotatable bonds is 6. The number of nitrogens with one attached hydrogen (secondary N) is 2. The number of carbonyl (C=O) groups is 1. The summed E-state index contributed by atoms with van der Waals surface area (Å²) >= 11 is 0. The van der Waals surface area contributed by atoms with Crippen molar-refractivity contribution in [3.05, 3.63) is 24.3 Å². The highest BCUT2D eigenvalue weighted by atomic mass is 32.2. The maximum Gasteiger partial charge on any atom is 0.278 e. The maximum atomic E-state index is 12.9. The van der Waals surface area contributed by atoms with Crippen LogP contribution in [-0.4, -0.2) is 64.0 Å². The Bertz CT molecular complexity index is 789. The van der Waals surface area contributed by atoms with E-state index in [0.717, 1.165) is 11.3 Å². The Hall–Kier alpha value is -1.64. The van der Waals surface area contributed by atoms with Crippen LogP contribution in [0, 0.1) is 5.92 Å². The van der Waals surface area contributed by atoms with Crippen molar-refractivity contribution >= 4 is 15.9 Å². The molecule has 162 valence electrons. The molecule has 0 aromatic heterocycles. The SMILES string of the molecule is COc1ccc(S(=O)(=O)N2CC[NH+]([C@H](C)C(=O)N[C@H]3CCCC[C@H]3C)CC2)cc1. The van der Waals surface area contributed by atoms with Gasteiger partial charge in [0.15, 0.2) is 6.04 Å². The van der Waals surface area contributed by atoms with Crippen LogP contribution in [0.4, 0.5) is 0 Å². The van der Waals surface area contributed by atoms with E-state index in [2.05, 4.69) is 12.2 Å². The fourth-order valence-electron chi connectivity index (χ4n) is 4.37. The van der Waals surface area contributed by atoms with Crippen molar-refractivity contribution in [2.45, 2.75) is 56.5 Å². The molecule has 1 aliphatic carbocycles. The third-order valence-corrected chi connectivity index (χ3v) is 8.42. The molecular formula is C21H34N3O4S+. The molecule has 2 fully saturated rings. The minimum atomic E-state index is -3.52. The van der Waals surface area contributed by atoms with Crippen molar-refractivity contribution < 1.29 is 22.8 Å². The van der Waals surface area contributed by atoms with Gasteiger partial charge in [-0.05, 0) is 49.9 Å². The van der Waals surface area contributed by atoms with Gasteiger partial charge in [-0.15, -0.1) is 0 Å². The summed E-state index contributed by atoms with van der Waals surface area (Å²) < 4.78 is 32.4. The van der Waals surface area contributed by atoms with Gasteiger partial charge in [-0.2, -0.15) is 4.31 Å². The molecule has 1 heterocycles. The summed E-state index contributed by atoms with van der Waals surface area (Å²) in [7, 11) is -1.97. The number of ether oxygens (including phenoxy) is 1. The Morgan fingerprint density at radius 1 is 1.17 bits per heavy atom. The first-order valence-corrected chi connectivity index (χ1v) is 12.1. The van der Waals surface area contributed by atoms with E-state index in [0.29, 0.717) is 37.8 Å². The van der Waals surface area contributed by atoms with E-state index in [9.17, 15) is 13.2 Å². The molecule has 8 heteroatoms. The molecule has 1 aromatic rings. The van der Waals surface area contributed by atoms with Crippen LogP contribution in [0.15, 0.2) is 29.2 Å². The Morgan fingerprint density at radius 2 is 1.79 bits per heavy atom. The lowest BCUT2D eigenvalue weighted by Gasteiger charge is -2.35. The normalized spacial score (nSPS) is 25.3. The number of hydrogen-bond acceptors (Lipinski definition) is 4. The Kier molecular flexibility index (Phi) is 7.19. The molecule has 0 unspecified atom stereocenters. The molecule has 1 amide bonds.